The second-order valence-corrected chi connectivity index (χ2v) is 4.14. The summed E-state index contributed by atoms with van der Waals surface area (Å²) in [6.07, 6.45) is 5.15. The lowest BCUT2D eigenvalue weighted by atomic mass is 9.90. The van der Waals surface area contributed by atoms with Crippen LogP contribution in [0.4, 0.5) is 0 Å². The molecule has 2 rings (SSSR count). The molecular formula is C10H16O2. The molecule has 2 saturated carbocycles. The summed E-state index contributed by atoms with van der Waals surface area (Å²) in [5.74, 6) is 1.98. The van der Waals surface area contributed by atoms with Crippen LogP contribution in [0, 0.1) is 17.8 Å². The van der Waals surface area contributed by atoms with Crippen molar-refractivity contribution in [2.75, 3.05) is 6.61 Å². The standard InChI is InChI=1S/C10H16O2/c11-5-4-7-6-10(12)9-3-1-2-8(7)9/h7-9,11H,1-6H2/t7-,8+,9+/m1/s1. The average Bonchev–Trinajstić information content (AvgIpc) is 2.58. The highest BCUT2D eigenvalue weighted by atomic mass is 16.3. The van der Waals surface area contributed by atoms with Crippen LogP contribution in [0.3, 0.4) is 0 Å². The Labute approximate surface area is 73.0 Å². The van der Waals surface area contributed by atoms with Gasteiger partial charge in [-0.25, -0.2) is 0 Å². The molecule has 0 saturated heterocycles. The SMILES string of the molecule is O=C1C[C@@H](CCO)[C@@H]2CCC[C@H]12. The van der Waals surface area contributed by atoms with Crippen LogP contribution >= 0.6 is 0 Å². The third-order valence-corrected chi connectivity index (χ3v) is 3.55. The van der Waals surface area contributed by atoms with E-state index in [-0.39, 0.29) is 6.61 Å². The fourth-order valence-corrected chi connectivity index (χ4v) is 3.00. The van der Waals surface area contributed by atoms with Crippen molar-refractivity contribution >= 4 is 5.78 Å². The summed E-state index contributed by atoms with van der Waals surface area (Å²) in [4.78, 5) is 11.5. The number of aliphatic hydroxyl groups excluding tert-OH is 1. The Kier molecular flexibility index (Phi) is 2.18. The molecule has 12 heavy (non-hydrogen) atoms. The zero-order chi connectivity index (χ0) is 8.55. The number of hydrogen-bond donors (Lipinski definition) is 1. The van der Waals surface area contributed by atoms with Crippen molar-refractivity contribution in [1.29, 1.82) is 0 Å². The van der Waals surface area contributed by atoms with Crippen LogP contribution in [0.1, 0.15) is 32.1 Å². The molecule has 0 heterocycles. The van der Waals surface area contributed by atoms with Crippen LogP contribution in [0.5, 0.6) is 0 Å². The minimum absolute atomic E-state index is 0.251. The first-order valence-corrected chi connectivity index (χ1v) is 4.96. The van der Waals surface area contributed by atoms with Gasteiger partial charge in [-0.1, -0.05) is 6.42 Å². The van der Waals surface area contributed by atoms with E-state index in [0.29, 0.717) is 23.5 Å². The van der Waals surface area contributed by atoms with E-state index >= 15 is 0 Å². The van der Waals surface area contributed by atoms with Gasteiger partial charge in [-0.2, -0.15) is 0 Å². The number of aliphatic hydroxyl groups is 1. The molecular weight excluding hydrogens is 152 g/mol. The van der Waals surface area contributed by atoms with Crippen molar-refractivity contribution in [3.63, 3.8) is 0 Å². The number of rotatable bonds is 2. The summed E-state index contributed by atoms with van der Waals surface area (Å²) in [7, 11) is 0. The number of carbonyl (C=O) groups is 1. The molecule has 0 spiro atoms. The molecule has 3 atom stereocenters. The van der Waals surface area contributed by atoms with Crippen LogP contribution in [0.25, 0.3) is 0 Å². The maximum absolute atomic E-state index is 11.5. The Balaban J connectivity index is 2.04. The zero-order valence-corrected chi connectivity index (χ0v) is 7.33. The van der Waals surface area contributed by atoms with Crippen LogP contribution in [0.2, 0.25) is 0 Å². The average molecular weight is 168 g/mol. The van der Waals surface area contributed by atoms with Crippen molar-refractivity contribution in [3.8, 4) is 0 Å². The third kappa shape index (κ3) is 1.18. The van der Waals surface area contributed by atoms with Crippen molar-refractivity contribution in [1.82, 2.24) is 0 Å². The van der Waals surface area contributed by atoms with Gasteiger partial charge in [-0.05, 0) is 31.1 Å². The molecule has 0 aromatic carbocycles. The van der Waals surface area contributed by atoms with Crippen molar-refractivity contribution in [3.05, 3.63) is 0 Å². The highest BCUT2D eigenvalue weighted by Crippen LogP contribution is 2.46. The molecule has 0 aliphatic heterocycles. The fraction of sp³-hybridized carbons (Fsp3) is 0.900. The number of hydrogen-bond acceptors (Lipinski definition) is 2. The van der Waals surface area contributed by atoms with Gasteiger partial charge in [-0.15, -0.1) is 0 Å². The van der Waals surface area contributed by atoms with Crippen molar-refractivity contribution in [2.24, 2.45) is 17.8 Å². The van der Waals surface area contributed by atoms with E-state index in [1.807, 2.05) is 0 Å². The number of fused-ring (bicyclic) bond motifs is 1. The molecule has 0 amide bonds. The van der Waals surface area contributed by atoms with E-state index in [0.717, 1.165) is 19.3 Å². The maximum Gasteiger partial charge on any atom is 0.136 e. The van der Waals surface area contributed by atoms with Gasteiger partial charge in [0.05, 0.1) is 0 Å². The van der Waals surface area contributed by atoms with E-state index in [1.165, 1.54) is 12.8 Å². The Morgan fingerprint density at radius 3 is 3.00 bits per heavy atom. The first-order chi connectivity index (χ1) is 5.83. The molecule has 2 aliphatic rings. The quantitative estimate of drug-likeness (QED) is 0.676. The summed E-state index contributed by atoms with van der Waals surface area (Å²) >= 11 is 0. The fourth-order valence-electron chi connectivity index (χ4n) is 3.00. The van der Waals surface area contributed by atoms with Crippen molar-refractivity contribution in [2.45, 2.75) is 32.1 Å². The number of Topliss-reactive ketones (excluding diaryl/α,β-unsaturated/α-hetero) is 1. The van der Waals surface area contributed by atoms with Crippen molar-refractivity contribution < 1.29 is 9.90 Å². The summed E-state index contributed by atoms with van der Waals surface area (Å²) in [5, 5.41) is 8.82. The smallest absolute Gasteiger partial charge is 0.136 e. The molecule has 2 heteroatoms. The van der Waals surface area contributed by atoms with Crippen LogP contribution in [0.15, 0.2) is 0 Å². The molecule has 2 aliphatic carbocycles. The highest BCUT2D eigenvalue weighted by molar-refractivity contribution is 5.84. The van der Waals surface area contributed by atoms with Gasteiger partial charge in [0.25, 0.3) is 0 Å². The molecule has 0 radical (unpaired) electrons. The van der Waals surface area contributed by atoms with Gasteiger partial charge in [0.2, 0.25) is 0 Å². The van der Waals surface area contributed by atoms with Crippen LogP contribution < -0.4 is 0 Å². The zero-order valence-electron chi connectivity index (χ0n) is 7.33. The van der Waals surface area contributed by atoms with Gasteiger partial charge in [0.1, 0.15) is 5.78 Å². The lowest BCUT2D eigenvalue weighted by Gasteiger charge is -2.15. The highest BCUT2D eigenvalue weighted by Gasteiger charge is 2.44. The van der Waals surface area contributed by atoms with Gasteiger partial charge in [-0.3, -0.25) is 4.79 Å². The molecule has 0 unspecified atom stereocenters. The summed E-state index contributed by atoms with van der Waals surface area (Å²) in [6, 6.07) is 0. The second-order valence-electron chi connectivity index (χ2n) is 4.14. The second kappa shape index (κ2) is 3.17. The summed E-state index contributed by atoms with van der Waals surface area (Å²) in [5.41, 5.74) is 0. The molecule has 1 N–H and O–H groups in total. The van der Waals surface area contributed by atoms with Crippen LogP contribution in [-0.2, 0) is 4.79 Å². The predicted octanol–water partition coefficient (Wildman–Crippen LogP) is 1.37. The minimum Gasteiger partial charge on any atom is -0.396 e. The normalized spacial score (nSPS) is 40.4. The topological polar surface area (TPSA) is 37.3 Å². The van der Waals surface area contributed by atoms with Gasteiger partial charge < -0.3 is 5.11 Å². The van der Waals surface area contributed by atoms with Gasteiger partial charge in [0.15, 0.2) is 0 Å². The first kappa shape index (κ1) is 8.24. The molecule has 0 bridgehead atoms. The number of ketones is 1. The summed E-state index contributed by atoms with van der Waals surface area (Å²) < 4.78 is 0. The lowest BCUT2D eigenvalue weighted by molar-refractivity contribution is -0.121. The van der Waals surface area contributed by atoms with E-state index < -0.39 is 0 Å². The maximum atomic E-state index is 11.5. The third-order valence-electron chi connectivity index (χ3n) is 3.55. The molecule has 2 nitrogen and oxygen atoms in total. The monoisotopic (exact) mass is 168 g/mol. The lowest BCUT2D eigenvalue weighted by Crippen LogP contribution is -2.11. The van der Waals surface area contributed by atoms with E-state index in [4.69, 9.17) is 5.11 Å². The van der Waals surface area contributed by atoms with Crippen LogP contribution in [-0.4, -0.2) is 17.5 Å². The largest absolute Gasteiger partial charge is 0.396 e. The molecule has 0 aromatic heterocycles. The van der Waals surface area contributed by atoms with E-state index in [2.05, 4.69) is 0 Å². The minimum atomic E-state index is 0.251. The predicted molar refractivity (Wildman–Crippen MR) is 45.6 cm³/mol. The van der Waals surface area contributed by atoms with Gasteiger partial charge >= 0.3 is 0 Å². The first-order valence-electron chi connectivity index (χ1n) is 4.96. The Bertz CT molecular complexity index is 188. The Morgan fingerprint density at radius 1 is 1.42 bits per heavy atom. The van der Waals surface area contributed by atoms with E-state index in [1.54, 1.807) is 0 Å². The Morgan fingerprint density at radius 2 is 2.25 bits per heavy atom. The number of carbonyl (C=O) groups excluding carboxylic acids is 1. The molecule has 0 aromatic rings. The van der Waals surface area contributed by atoms with Gasteiger partial charge in [0, 0.05) is 18.9 Å². The van der Waals surface area contributed by atoms with E-state index in [9.17, 15) is 4.79 Å². The summed E-state index contributed by atoms with van der Waals surface area (Å²) in [6.45, 7) is 0.251. The molecule has 2 fully saturated rings. The Hall–Kier alpha value is -0.370. The molecule has 68 valence electrons.